The first-order valence-corrected chi connectivity index (χ1v) is 6.21. The van der Waals surface area contributed by atoms with Crippen LogP contribution < -0.4 is 0 Å². The van der Waals surface area contributed by atoms with Gasteiger partial charge in [-0.15, -0.1) is 0 Å². The number of hydrogen-bond acceptors (Lipinski definition) is 1. The molecule has 1 heteroatoms. The van der Waals surface area contributed by atoms with Crippen molar-refractivity contribution in [1.82, 2.24) is 4.90 Å². The molecule has 0 fully saturated rings. The van der Waals surface area contributed by atoms with Crippen molar-refractivity contribution in [2.75, 3.05) is 13.1 Å². The highest BCUT2D eigenvalue weighted by atomic mass is 15.1. The maximum atomic E-state index is 2.52. The van der Waals surface area contributed by atoms with Crippen LogP contribution in [-0.2, 0) is 6.54 Å². The fourth-order valence-electron chi connectivity index (χ4n) is 2.24. The van der Waals surface area contributed by atoms with Gasteiger partial charge in [-0.25, -0.2) is 0 Å². The van der Waals surface area contributed by atoms with E-state index in [2.05, 4.69) is 55.2 Å². The van der Waals surface area contributed by atoms with Gasteiger partial charge in [0.25, 0.3) is 0 Å². The third kappa shape index (κ3) is 2.96. The minimum Gasteiger partial charge on any atom is -0.295 e. The van der Waals surface area contributed by atoms with E-state index >= 15 is 0 Å². The summed E-state index contributed by atoms with van der Waals surface area (Å²) in [5.74, 6) is 0.721. The Bertz CT molecular complexity index is 351. The molecule has 0 aromatic heterocycles. The van der Waals surface area contributed by atoms with E-state index in [0.29, 0.717) is 0 Å². The van der Waals surface area contributed by atoms with E-state index in [1.54, 1.807) is 5.57 Å². The van der Waals surface area contributed by atoms with Crippen molar-refractivity contribution in [3.8, 4) is 0 Å². The number of nitrogens with zero attached hydrogens (tertiary/aromatic N) is 1. The third-order valence-electron chi connectivity index (χ3n) is 3.32. The third-order valence-corrected chi connectivity index (χ3v) is 3.32. The van der Waals surface area contributed by atoms with Crippen molar-refractivity contribution < 1.29 is 0 Å². The summed E-state index contributed by atoms with van der Waals surface area (Å²) >= 11 is 0. The average molecular weight is 215 g/mol. The van der Waals surface area contributed by atoms with Gasteiger partial charge in [0.1, 0.15) is 0 Å². The van der Waals surface area contributed by atoms with Gasteiger partial charge in [-0.2, -0.15) is 0 Å². The van der Waals surface area contributed by atoms with Crippen LogP contribution in [0.15, 0.2) is 42.0 Å². The molecular formula is C15H21N. The molecule has 0 N–H and O–H groups in total. The Kier molecular flexibility index (Phi) is 3.79. The lowest BCUT2D eigenvalue weighted by Crippen LogP contribution is -2.29. The zero-order valence-corrected chi connectivity index (χ0v) is 10.3. The number of rotatable bonds is 3. The van der Waals surface area contributed by atoms with Crippen LogP contribution in [0.2, 0.25) is 0 Å². The zero-order valence-electron chi connectivity index (χ0n) is 10.3. The van der Waals surface area contributed by atoms with E-state index in [0.717, 1.165) is 19.0 Å². The molecule has 16 heavy (non-hydrogen) atoms. The Morgan fingerprint density at radius 2 is 1.94 bits per heavy atom. The van der Waals surface area contributed by atoms with Crippen LogP contribution in [0, 0.1) is 5.92 Å². The van der Waals surface area contributed by atoms with Gasteiger partial charge in [0.2, 0.25) is 0 Å². The van der Waals surface area contributed by atoms with E-state index in [9.17, 15) is 0 Å². The molecule has 0 saturated heterocycles. The molecular weight excluding hydrogens is 194 g/mol. The van der Waals surface area contributed by atoms with Crippen LogP contribution in [0.3, 0.4) is 0 Å². The second kappa shape index (κ2) is 5.31. The summed E-state index contributed by atoms with van der Waals surface area (Å²) in [5.41, 5.74) is 3.05. The first-order chi connectivity index (χ1) is 7.75. The fraction of sp³-hybridized carbons (Fsp3) is 0.467. The van der Waals surface area contributed by atoms with Gasteiger partial charge in [0, 0.05) is 19.6 Å². The highest BCUT2D eigenvalue weighted by Crippen LogP contribution is 2.19. The molecule has 0 unspecified atom stereocenters. The van der Waals surface area contributed by atoms with Gasteiger partial charge in [-0.3, -0.25) is 4.90 Å². The average Bonchev–Trinajstić information content (AvgIpc) is 2.31. The van der Waals surface area contributed by atoms with Crippen molar-refractivity contribution in [3.05, 3.63) is 47.5 Å². The quantitative estimate of drug-likeness (QED) is 0.698. The van der Waals surface area contributed by atoms with Crippen LogP contribution in [0.5, 0.6) is 0 Å². The zero-order chi connectivity index (χ0) is 11.4. The topological polar surface area (TPSA) is 3.24 Å². The summed E-state index contributed by atoms with van der Waals surface area (Å²) in [7, 11) is 0. The molecule has 1 nitrogen and oxygen atoms in total. The van der Waals surface area contributed by atoms with Crippen molar-refractivity contribution in [2.24, 2.45) is 5.92 Å². The highest BCUT2D eigenvalue weighted by molar-refractivity contribution is 5.16. The molecule has 0 spiro atoms. The first-order valence-electron chi connectivity index (χ1n) is 6.21. The second-order valence-electron chi connectivity index (χ2n) is 4.90. The van der Waals surface area contributed by atoms with Crippen LogP contribution >= 0.6 is 0 Å². The largest absolute Gasteiger partial charge is 0.295 e. The molecule has 0 bridgehead atoms. The van der Waals surface area contributed by atoms with E-state index in [1.165, 1.54) is 18.5 Å². The normalized spacial score (nSPS) is 17.6. The van der Waals surface area contributed by atoms with Gasteiger partial charge in [0.15, 0.2) is 0 Å². The summed E-state index contributed by atoms with van der Waals surface area (Å²) in [4.78, 5) is 2.52. The molecule has 0 saturated carbocycles. The molecule has 1 heterocycles. The van der Waals surface area contributed by atoms with Gasteiger partial charge >= 0.3 is 0 Å². The Morgan fingerprint density at radius 1 is 1.19 bits per heavy atom. The second-order valence-corrected chi connectivity index (χ2v) is 4.90. The van der Waals surface area contributed by atoms with Crippen LogP contribution in [0.1, 0.15) is 25.8 Å². The highest BCUT2D eigenvalue weighted by Gasteiger charge is 2.13. The van der Waals surface area contributed by atoms with E-state index < -0.39 is 0 Å². The molecule has 1 aromatic rings. The standard InChI is InChI=1S/C15H21N/c1-13(2)15-8-10-16(11-9-15)12-14-6-4-3-5-7-14/h3-8,13H,9-12H2,1-2H3. The number of benzene rings is 1. The summed E-state index contributed by atoms with van der Waals surface area (Å²) in [6, 6.07) is 10.7. The Hall–Kier alpha value is -1.08. The predicted molar refractivity (Wildman–Crippen MR) is 69.3 cm³/mol. The molecule has 86 valence electrons. The maximum Gasteiger partial charge on any atom is 0.0237 e. The van der Waals surface area contributed by atoms with E-state index in [1.807, 2.05) is 0 Å². The minimum atomic E-state index is 0.721. The lowest BCUT2D eigenvalue weighted by atomic mass is 9.97. The number of hydrogen-bond donors (Lipinski definition) is 0. The first kappa shape index (κ1) is 11.4. The molecule has 1 aliphatic heterocycles. The van der Waals surface area contributed by atoms with E-state index in [-0.39, 0.29) is 0 Å². The molecule has 0 radical (unpaired) electrons. The van der Waals surface area contributed by atoms with Crippen LogP contribution in [0.25, 0.3) is 0 Å². The van der Waals surface area contributed by atoms with Crippen molar-refractivity contribution in [2.45, 2.75) is 26.8 Å². The van der Waals surface area contributed by atoms with Crippen molar-refractivity contribution in [1.29, 1.82) is 0 Å². The Labute approximate surface area is 98.8 Å². The Morgan fingerprint density at radius 3 is 2.50 bits per heavy atom. The summed E-state index contributed by atoms with van der Waals surface area (Å²) in [6.45, 7) is 7.99. The van der Waals surface area contributed by atoms with Gasteiger partial charge in [0.05, 0.1) is 0 Å². The lowest BCUT2D eigenvalue weighted by molar-refractivity contribution is 0.281. The van der Waals surface area contributed by atoms with Gasteiger partial charge in [-0.1, -0.05) is 55.8 Å². The molecule has 0 amide bonds. The van der Waals surface area contributed by atoms with Crippen LogP contribution in [-0.4, -0.2) is 18.0 Å². The van der Waals surface area contributed by atoms with Crippen molar-refractivity contribution in [3.63, 3.8) is 0 Å². The van der Waals surface area contributed by atoms with Gasteiger partial charge < -0.3 is 0 Å². The fourth-order valence-corrected chi connectivity index (χ4v) is 2.24. The molecule has 2 rings (SSSR count). The maximum absolute atomic E-state index is 2.52. The minimum absolute atomic E-state index is 0.721. The lowest BCUT2D eigenvalue weighted by Gasteiger charge is -2.27. The molecule has 0 aliphatic carbocycles. The summed E-state index contributed by atoms with van der Waals surface area (Å²) in [6.07, 6.45) is 3.65. The molecule has 1 aromatic carbocycles. The summed E-state index contributed by atoms with van der Waals surface area (Å²) < 4.78 is 0. The molecule has 1 aliphatic rings. The van der Waals surface area contributed by atoms with E-state index in [4.69, 9.17) is 0 Å². The van der Waals surface area contributed by atoms with Gasteiger partial charge in [-0.05, 0) is 17.9 Å². The van der Waals surface area contributed by atoms with Crippen molar-refractivity contribution >= 4 is 0 Å². The monoisotopic (exact) mass is 215 g/mol. The predicted octanol–water partition coefficient (Wildman–Crippen LogP) is 3.47. The van der Waals surface area contributed by atoms with Crippen LogP contribution in [0.4, 0.5) is 0 Å². The smallest absolute Gasteiger partial charge is 0.0237 e. The Balaban J connectivity index is 1.91. The molecule has 0 atom stereocenters. The summed E-state index contributed by atoms with van der Waals surface area (Å²) in [5, 5.41) is 0. The SMILES string of the molecule is CC(C)C1=CCN(Cc2ccccc2)CC1.